The van der Waals surface area contributed by atoms with E-state index in [1.165, 1.54) is 58.4 Å². The molecule has 2 N–H and O–H groups in total. The number of β-amino-alcohol motifs (C(OH)–C–C–N with tert-alkyl or cyclic N) is 1. The summed E-state index contributed by atoms with van der Waals surface area (Å²) < 4.78 is 0. The van der Waals surface area contributed by atoms with Gasteiger partial charge >= 0.3 is 0 Å². The predicted molar refractivity (Wildman–Crippen MR) is 74.8 cm³/mol. The highest BCUT2D eigenvalue weighted by molar-refractivity contribution is 4.73. The van der Waals surface area contributed by atoms with Crippen LogP contribution in [-0.4, -0.2) is 73.9 Å². The number of hydrogen-bond donors (Lipinski definition) is 2. The second-order valence-electron chi connectivity index (χ2n) is 5.76. The third-order valence-corrected chi connectivity index (χ3v) is 4.35. The van der Waals surface area contributed by atoms with Crippen molar-refractivity contribution in [1.82, 2.24) is 15.1 Å². The van der Waals surface area contributed by atoms with E-state index in [9.17, 15) is 0 Å². The molecule has 1 unspecified atom stereocenters. The number of piperidine rings is 1. The topological polar surface area (TPSA) is 38.7 Å². The van der Waals surface area contributed by atoms with E-state index in [-0.39, 0.29) is 0 Å². The van der Waals surface area contributed by atoms with E-state index >= 15 is 0 Å². The first kappa shape index (κ1) is 14.3. The van der Waals surface area contributed by atoms with Gasteiger partial charge in [-0.15, -0.1) is 0 Å². The molecule has 0 bridgehead atoms. The molecule has 18 heavy (non-hydrogen) atoms. The van der Waals surface area contributed by atoms with Crippen molar-refractivity contribution in [1.29, 1.82) is 0 Å². The fourth-order valence-electron chi connectivity index (χ4n) is 3.15. The number of hydrogen-bond acceptors (Lipinski definition) is 4. The summed E-state index contributed by atoms with van der Waals surface area (Å²) in [5.74, 6) is 0.899. The summed E-state index contributed by atoms with van der Waals surface area (Å²) in [6.45, 7) is 9.56. The molecule has 0 saturated carbocycles. The van der Waals surface area contributed by atoms with Crippen molar-refractivity contribution in [2.75, 3.05) is 59.0 Å². The van der Waals surface area contributed by atoms with Gasteiger partial charge in [-0.05, 0) is 64.3 Å². The summed E-state index contributed by atoms with van der Waals surface area (Å²) in [5, 5.41) is 12.5. The van der Waals surface area contributed by atoms with Crippen LogP contribution in [0.5, 0.6) is 0 Å². The molecule has 0 aromatic carbocycles. The molecule has 2 heterocycles. The van der Waals surface area contributed by atoms with Crippen LogP contribution in [0.2, 0.25) is 0 Å². The molecule has 2 rings (SSSR count). The third-order valence-electron chi connectivity index (χ3n) is 4.35. The summed E-state index contributed by atoms with van der Waals surface area (Å²) in [6, 6.07) is 0. The number of aliphatic hydroxyl groups is 1. The zero-order valence-electron chi connectivity index (χ0n) is 11.6. The SMILES string of the molecule is OCCN1CCCN(CCC2CCCNC2)CC1. The van der Waals surface area contributed by atoms with Crippen molar-refractivity contribution in [2.24, 2.45) is 5.92 Å². The summed E-state index contributed by atoms with van der Waals surface area (Å²) in [7, 11) is 0. The highest BCUT2D eigenvalue weighted by Gasteiger charge is 2.17. The van der Waals surface area contributed by atoms with Gasteiger partial charge in [-0.3, -0.25) is 4.90 Å². The van der Waals surface area contributed by atoms with Crippen LogP contribution < -0.4 is 5.32 Å². The maximum atomic E-state index is 8.99. The molecule has 0 aromatic rings. The van der Waals surface area contributed by atoms with Crippen LogP contribution in [0.1, 0.15) is 25.7 Å². The molecule has 106 valence electrons. The Morgan fingerprint density at radius 3 is 2.44 bits per heavy atom. The average Bonchev–Trinajstić information content (AvgIpc) is 2.64. The Balaban J connectivity index is 1.63. The molecule has 4 nitrogen and oxygen atoms in total. The Labute approximate surface area is 111 Å². The maximum absolute atomic E-state index is 8.99. The lowest BCUT2D eigenvalue weighted by atomic mass is 9.96. The highest BCUT2D eigenvalue weighted by atomic mass is 16.3. The molecule has 2 aliphatic heterocycles. The van der Waals surface area contributed by atoms with Gasteiger partial charge in [-0.25, -0.2) is 0 Å². The quantitative estimate of drug-likeness (QED) is 0.745. The normalized spacial score (nSPS) is 28.2. The lowest BCUT2D eigenvalue weighted by Crippen LogP contribution is -2.35. The van der Waals surface area contributed by atoms with E-state index in [1.54, 1.807) is 0 Å². The van der Waals surface area contributed by atoms with Crippen LogP contribution in [0.3, 0.4) is 0 Å². The van der Waals surface area contributed by atoms with E-state index < -0.39 is 0 Å². The Hall–Kier alpha value is -0.160. The summed E-state index contributed by atoms with van der Waals surface area (Å²) in [5.41, 5.74) is 0. The number of nitrogens with one attached hydrogen (secondary N) is 1. The fraction of sp³-hybridized carbons (Fsp3) is 1.00. The van der Waals surface area contributed by atoms with E-state index in [0.717, 1.165) is 25.6 Å². The van der Waals surface area contributed by atoms with E-state index in [2.05, 4.69) is 15.1 Å². The van der Waals surface area contributed by atoms with Gasteiger partial charge in [-0.2, -0.15) is 0 Å². The molecule has 0 aromatic heterocycles. The Morgan fingerprint density at radius 2 is 1.78 bits per heavy atom. The Kier molecular flexibility index (Phi) is 6.41. The van der Waals surface area contributed by atoms with Crippen molar-refractivity contribution >= 4 is 0 Å². The molecule has 2 saturated heterocycles. The van der Waals surface area contributed by atoms with Crippen LogP contribution in [-0.2, 0) is 0 Å². The Bertz CT molecular complexity index is 219. The van der Waals surface area contributed by atoms with Gasteiger partial charge in [0.2, 0.25) is 0 Å². The number of aliphatic hydroxyl groups excluding tert-OH is 1. The largest absolute Gasteiger partial charge is 0.395 e. The predicted octanol–water partition coefficient (Wildman–Crippen LogP) is 0.376. The van der Waals surface area contributed by atoms with Gasteiger partial charge in [0.15, 0.2) is 0 Å². The smallest absolute Gasteiger partial charge is 0.0558 e. The van der Waals surface area contributed by atoms with Crippen molar-refractivity contribution in [3.05, 3.63) is 0 Å². The van der Waals surface area contributed by atoms with Crippen molar-refractivity contribution in [2.45, 2.75) is 25.7 Å². The third kappa shape index (κ3) is 4.84. The number of rotatable bonds is 5. The van der Waals surface area contributed by atoms with E-state index in [4.69, 9.17) is 5.11 Å². The molecular weight excluding hydrogens is 226 g/mol. The first-order valence-electron chi connectivity index (χ1n) is 7.65. The molecule has 1 atom stereocenters. The zero-order valence-corrected chi connectivity index (χ0v) is 11.6. The maximum Gasteiger partial charge on any atom is 0.0558 e. The average molecular weight is 255 g/mol. The first-order valence-corrected chi connectivity index (χ1v) is 7.65. The summed E-state index contributed by atoms with van der Waals surface area (Å²) in [4.78, 5) is 5.01. The number of nitrogens with zero attached hydrogens (tertiary/aromatic N) is 2. The van der Waals surface area contributed by atoms with Crippen LogP contribution in [0.25, 0.3) is 0 Å². The fourth-order valence-corrected chi connectivity index (χ4v) is 3.15. The molecular formula is C14H29N3O. The van der Waals surface area contributed by atoms with Crippen molar-refractivity contribution in [3.8, 4) is 0 Å². The second-order valence-corrected chi connectivity index (χ2v) is 5.76. The lowest BCUT2D eigenvalue weighted by Gasteiger charge is -2.26. The van der Waals surface area contributed by atoms with Crippen LogP contribution >= 0.6 is 0 Å². The summed E-state index contributed by atoms with van der Waals surface area (Å²) in [6.07, 6.45) is 5.38. The highest BCUT2D eigenvalue weighted by Crippen LogP contribution is 2.15. The van der Waals surface area contributed by atoms with Gasteiger partial charge in [0.1, 0.15) is 0 Å². The minimum Gasteiger partial charge on any atom is -0.395 e. The van der Waals surface area contributed by atoms with Crippen LogP contribution in [0, 0.1) is 5.92 Å². The minimum atomic E-state index is 0.299. The van der Waals surface area contributed by atoms with Gasteiger partial charge < -0.3 is 15.3 Å². The van der Waals surface area contributed by atoms with Crippen molar-refractivity contribution in [3.63, 3.8) is 0 Å². The van der Waals surface area contributed by atoms with Gasteiger partial charge in [0.25, 0.3) is 0 Å². The van der Waals surface area contributed by atoms with Gasteiger partial charge in [-0.1, -0.05) is 0 Å². The van der Waals surface area contributed by atoms with E-state index in [0.29, 0.717) is 6.61 Å². The molecule has 0 radical (unpaired) electrons. The van der Waals surface area contributed by atoms with Gasteiger partial charge in [0, 0.05) is 19.6 Å². The first-order chi connectivity index (χ1) is 8.88. The molecule has 2 fully saturated rings. The second kappa shape index (κ2) is 8.10. The summed E-state index contributed by atoms with van der Waals surface area (Å²) >= 11 is 0. The molecule has 0 amide bonds. The van der Waals surface area contributed by atoms with Crippen molar-refractivity contribution < 1.29 is 5.11 Å². The van der Waals surface area contributed by atoms with Crippen LogP contribution in [0.15, 0.2) is 0 Å². The monoisotopic (exact) mass is 255 g/mol. The van der Waals surface area contributed by atoms with Crippen LogP contribution in [0.4, 0.5) is 0 Å². The van der Waals surface area contributed by atoms with E-state index in [1.807, 2.05) is 0 Å². The molecule has 0 spiro atoms. The molecule has 4 heteroatoms. The zero-order chi connectivity index (χ0) is 12.6. The lowest BCUT2D eigenvalue weighted by molar-refractivity contribution is 0.194. The molecule has 2 aliphatic rings. The minimum absolute atomic E-state index is 0.299. The molecule has 0 aliphatic carbocycles. The van der Waals surface area contributed by atoms with Gasteiger partial charge in [0.05, 0.1) is 6.61 Å². The standard InChI is InChI=1S/C14H29N3O/c18-12-11-17-7-2-6-16(9-10-17)8-4-14-3-1-5-15-13-14/h14-15,18H,1-13H2. The Morgan fingerprint density at radius 1 is 1.00 bits per heavy atom.